The molecule has 0 radical (unpaired) electrons. The van der Waals surface area contributed by atoms with Crippen LogP contribution in [0.3, 0.4) is 0 Å². The van der Waals surface area contributed by atoms with Gasteiger partial charge in [-0.15, -0.1) is 0 Å². The number of ether oxygens (including phenoxy) is 1. The molecule has 176 valence electrons. The third kappa shape index (κ3) is 4.48. The molecule has 0 spiro atoms. The van der Waals surface area contributed by atoms with Gasteiger partial charge in [0.1, 0.15) is 11.3 Å². The second-order valence-electron chi connectivity index (χ2n) is 8.64. The smallest absolute Gasteiger partial charge is 0.298 e. The summed E-state index contributed by atoms with van der Waals surface area (Å²) in [7, 11) is 0. The van der Waals surface area contributed by atoms with E-state index in [1.165, 1.54) is 0 Å². The van der Waals surface area contributed by atoms with E-state index < -0.39 is 0 Å². The number of H-pyrrole nitrogens is 1. The van der Waals surface area contributed by atoms with Crippen molar-refractivity contribution in [3.8, 4) is 22.6 Å². The first-order valence-electron chi connectivity index (χ1n) is 11.6. The van der Waals surface area contributed by atoms with Gasteiger partial charge in [0.2, 0.25) is 0 Å². The summed E-state index contributed by atoms with van der Waals surface area (Å²) in [5, 5.41) is 4.08. The molecule has 0 amide bonds. The quantitative estimate of drug-likeness (QED) is 0.295. The molecule has 0 aliphatic carbocycles. The van der Waals surface area contributed by atoms with Gasteiger partial charge in [0.15, 0.2) is 5.58 Å². The number of imidazole rings is 1. The number of hydrogen-bond donors (Lipinski definition) is 2. The Morgan fingerprint density at radius 1 is 1.06 bits per heavy atom. The molecule has 3 heterocycles. The fraction of sp³-hybridized carbons (Fsp3) is 0.185. The van der Waals surface area contributed by atoms with Gasteiger partial charge < -0.3 is 24.4 Å². The minimum Gasteiger partial charge on any atom is -0.423 e. The van der Waals surface area contributed by atoms with Gasteiger partial charge in [0.25, 0.3) is 6.01 Å². The fourth-order valence-electron chi connectivity index (χ4n) is 4.29. The number of nitrogens with one attached hydrogen (secondary N) is 2. The number of morpholine rings is 1. The number of aromatic amines is 1. The van der Waals surface area contributed by atoms with E-state index in [4.69, 9.17) is 25.7 Å². The highest BCUT2D eigenvalue weighted by atomic mass is 35.5. The largest absolute Gasteiger partial charge is 0.423 e. The summed E-state index contributed by atoms with van der Waals surface area (Å²) in [6.07, 6.45) is 1.99. The first kappa shape index (κ1) is 21.7. The number of anilines is 3. The zero-order valence-corrected chi connectivity index (χ0v) is 19.9. The summed E-state index contributed by atoms with van der Waals surface area (Å²) in [6.45, 7) is 4.27. The number of rotatable bonds is 5. The Kier molecular flexibility index (Phi) is 5.64. The molecule has 1 fully saturated rings. The van der Waals surface area contributed by atoms with Gasteiger partial charge in [0, 0.05) is 30.0 Å². The highest BCUT2D eigenvalue weighted by Gasteiger charge is 2.21. The Bertz CT molecular complexity index is 1480. The van der Waals surface area contributed by atoms with Crippen molar-refractivity contribution in [1.82, 2.24) is 15.0 Å². The SMILES string of the molecule is CC1CN(c2nc3cc(Nc4ccc(Cl)c(-c5ncc(-c6ccccc6)[nH]5)c4)ccc3o2)CCO1. The number of nitrogens with zero attached hydrogens (tertiary/aromatic N) is 3. The number of hydrogen-bond acceptors (Lipinski definition) is 6. The van der Waals surface area contributed by atoms with Crippen LogP contribution in [0.25, 0.3) is 33.7 Å². The molecule has 1 aliphatic rings. The van der Waals surface area contributed by atoms with Gasteiger partial charge in [0.05, 0.1) is 29.6 Å². The third-order valence-electron chi connectivity index (χ3n) is 6.06. The zero-order valence-electron chi connectivity index (χ0n) is 19.2. The van der Waals surface area contributed by atoms with E-state index in [1.807, 2.05) is 72.9 Å². The zero-order chi connectivity index (χ0) is 23.8. The molecule has 7 nitrogen and oxygen atoms in total. The van der Waals surface area contributed by atoms with Crippen molar-refractivity contribution in [3.63, 3.8) is 0 Å². The van der Waals surface area contributed by atoms with Gasteiger partial charge in [-0.2, -0.15) is 4.98 Å². The van der Waals surface area contributed by atoms with Crippen molar-refractivity contribution in [3.05, 3.63) is 77.9 Å². The standard InChI is InChI=1S/C27H24ClN5O2/c1-17-16-33(11-12-34-17)27-32-23-14-20(8-10-25(23)35-27)30-19-7-9-22(28)21(13-19)26-29-15-24(31-26)18-5-3-2-4-6-18/h2-10,13-15,17,30H,11-12,16H2,1H3,(H,29,31). The lowest BCUT2D eigenvalue weighted by Gasteiger charge is -2.29. The topological polar surface area (TPSA) is 79.2 Å². The molecule has 1 unspecified atom stereocenters. The molecule has 1 aliphatic heterocycles. The Labute approximate surface area is 207 Å². The predicted octanol–water partition coefficient (Wildman–Crippen LogP) is 6.51. The average Bonchev–Trinajstić information content (AvgIpc) is 3.53. The summed E-state index contributed by atoms with van der Waals surface area (Å²) in [4.78, 5) is 14.8. The van der Waals surface area contributed by atoms with Gasteiger partial charge >= 0.3 is 0 Å². The summed E-state index contributed by atoms with van der Waals surface area (Å²) in [5.41, 5.74) is 6.20. The minimum absolute atomic E-state index is 0.160. The molecule has 2 N–H and O–H groups in total. The maximum Gasteiger partial charge on any atom is 0.298 e. The van der Waals surface area contributed by atoms with E-state index in [0.29, 0.717) is 23.5 Å². The molecule has 2 aromatic heterocycles. The van der Waals surface area contributed by atoms with E-state index in [0.717, 1.165) is 52.4 Å². The molecule has 8 heteroatoms. The average molecular weight is 486 g/mol. The lowest BCUT2D eigenvalue weighted by Crippen LogP contribution is -2.41. The number of oxazole rings is 1. The predicted molar refractivity (Wildman–Crippen MR) is 139 cm³/mol. The second kappa shape index (κ2) is 9.09. The van der Waals surface area contributed by atoms with Crippen molar-refractivity contribution in [2.24, 2.45) is 0 Å². The number of halogens is 1. The molecule has 1 saturated heterocycles. The van der Waals surface area contributed by atoms with Crippen molar-refractivity contribution in [1.29, 1.82) is 0 Å². The molecule has 1 atom stereocenters. The maximum atomic E-state index is 6.53. The number of benzene rings is 3. The fourth-order valence-corrected chi connectivity index (χ4v) is 4.50. The monoisotopic (exact) mass is 485 g/mol. The van der Waals surface area contributed by atoms with Gasteiger partial charge in [-0.25, -0.2) is 4.98 Å². The Morgan fingerprint density at radius 2 is 1.89 bits per heavy atom. The van der Waals surface area contributed by atoms with Crippen LogP contribution >= 0.6 is 11.6 Å². The van der Waals surface area contributed by atoms with Gasteiger partial charge in [-0.3, -0.25) is 0 Å². The summed E-state index contributed by atoms with van der Waals surface area (Å²) in [6, 6.07) is 22.4. The van der Waals surface area contributed by atoms with Gasteiger partial charge in [-0.05, 0) is 48.9 Å². The lowest BCUT2D eigenvalue weighted by molar-refractivity contribution is 0.0515. The van der Waals surface area contributed by atoms with Crippen LogP contribution in [-0.2, 0) is 4.74 Å². The Morgan fingerprint density at radius 3 is 2.74 bits per heavy atom. The van der Waals surface area contributed by atoms with Crippen LogP contribution in [0.5, 0.6) is 0 Å². The number of fused-ring (bicyclic) bond motifs is 1. The van der Waals surface area contributed by atoms with Crippen LogP contribution in [0.1, 0.15) is 6.92 Å². The number of aromatic nitrogens is 3. The third-order valence-corrected chi connectivity index (χ3v) is 6.39. The van der Waals surface area contributed by atoms with Crippen LogP contribution in [0.2, 0.25) is 5.02 Å². The van der Waals surface area contributed by atoms with Crippen LogP contribution in [0.15, 0.2) is 77.3 Å². The first-order chi connectivity index (χ1) is 17.1. The minimum atomic E-state index is 0.160. The van der Waals surface area contributed by atoms with Crippen molar-refractivity contribution in [2.45, 2.75) is 13.0 Å². The van der Waals surface area contributed by atoms with E-state index in [1.54, 1.807) is 0 Å². The van der Waals surface area contributed by atoms with E-state index in [2.05, 4.69) is 27.1 Å². The second-order valence-corrected chi connectivity index (χ2v) is 9.04. The normalized spacial score (nSPS) is 16.1. The van der Waals surface area contributed by atoms with E-state index in [-0.39, 0.29) is 6.10 Å². The van der Waals surface area contributed by atoms with Crippen LogP contribution in [0, 0.1) is 0 Å². The Hall–Kier alpha value is -3.81. The molecular formula is C27H24ClN5O2. The van der Waals surface area contributed by atoms with E-state index in [9.17, 15) is 0 Å². The molecule has 5 aromatic rings. The van der Waals surface area contributed by atoms with E-state index >= 15 is 0 Å². The summed E-state index contributed by atoms with van der Waals surface area (Å²) in [5.74, 6) is 0.717. The molecule has 0 bridgehead atoms. The Balaban J connectivity index is 1.25. The molecule has 35 heavy (non-hydrogen) atoms. The highest BCUT2D eigenvalue weighted by molar-refractivity contribution is 6.33. The highest BCUT2D eigenvalue weighted by Crippen LogP contribution is 2.32. The van der Waals surface area contributed by atoms with Crippen LogP contribution in [0.4, 0.5) is 17.4 Å². The van der Waals surface area contributed by atoms with Crippen molar-refractivity contribution in [2.75, 3.05) is 29.9 Å². The molecule has 0 saturated carbocycles. The van der Waals surface area contributed by atoms with Crippen LogP contribution < -0.4 is 10.2 Å². The first-order valence-corrected chi connectivity index (χ1v) is 11.9. The molecule has 3 aromatic carbocycles. The van der Waals surface area contributed by atoms with Crippen molar-refractivity contribution >= 4 is 40.1 Å². The maximum absolute atomic E-state index is 6.53. The lowest BCUT2D eigenvalue weighted by atomic mass is 10.1. The summed E-state index contributed by atoms with van der Waals surface area (Å²) < 4.78 is 11.6. The van der Waals surface area contributed by atoms with Gasteiger partial charge in [-0.1, -0.05) is 41.9 Å². The van der Waals surface area contributed by atoms with Crippen molar-refractivity contribution < 1.29 is 9.15 Å². The van der Waals surface area contributed by atoms with Crippen LogP contribution in [-0.4, -0.2) is 40.8 Å². The molecular weight excluding hydrogens is 462 g/mol. The molecule has 6 rings (SSSR count). The summed E-state index contributed by atoms with van der Waals surface area (Å²) >= 11 is 6.53.